The molecule has 2 nitrogen and oxygen atoms in total. The summed E-state index contributed by atoms with van der Waals surface area (Å²) in [6.07, 6.45) is 3.18. The zero-order chi connectivity index (χ0) is 13.5. The van der Waals surface area contributed by atoms with Gasteiger partial charge in [0.1, 0.15) is 5.82 Å². The van der Waals surface area contributed by atoms with E-state index in [4.69, 9.17) is 4.74 Å². The maximum absolute atomic E-state index is 14.0. The molecule has 0 saturated carbocycles. The number of nitrogens with one attached hydrogen (secondary N) is 1. The van der Waals surface area contributed by atoms with Gasteiger partial charge in [0.05, 0.1) is 0 Å². The first kappa shape index (κ1) is 14.8. The molecule has 19 heavy (non-hydrogen) atoms. The van der Waals surface area contributed by atoms with Gasteiger partial charge in [0, 0.05) is 35.5 Å². The van der Waals surface area contributed by atoms with E-state index in [1.165, 1.54) is 0 Å². The van der Waals surface area contributed by atoms with Gasteiger partial charge in [0.15, 0.2) is 0 Å². The molecule has 1 aromatic carbocycles. The molecule has 0 spiro atoms. The van der Waals surface area contributed by atoms with Crippen LogP contribution in [0.15, 0.2) is 23.1 Å². The van der Waals surface area contributed by atoms with Crippen LogP contribution in [0.2, 0.25) is 0 Å². The number of ether oxygens (including phenoxy) is 1. The van der Waals surface area contributed by atoms with Crippen LogP contribution in [0.4, 0.5) is 4.39 Å². The summed E-state index contributed by atoms with van der Waals surface area (Å²) in [6.45, 7) is 5.32. The first-order valence-corrected chi connectivity index (χ1v) is 7.91. The van der Waals surface area contributed by atoms with Crippen molar-refractivity contribution in [3.8, 4) is 0 Å². The number of rotatable bonds is 6. The van der Waals surface area contributed by atoms with Gasteiger partial charge in [0.2, 0.25) is 0 Å². The van der Waals surface area contributed by atoms with Crippen molar-refractivity contribution in [2.24, 2.45) is 0 Å². The van der Waals surface area contributed by atoms with Crippen LogP contribution < -0.4 is 5.32 Å². The van der Waals surface area contributed by atoms with Crippen LogP contribution in [0, 0.1) is 5.82 Å². The third-order valence-electron chi connectivity index (χ3n) is 3.27. The second-order valence-electron chi connectivity index (χ2n) is 4.82. The molecule has 1 aromatic rings. The van der Waals surface area contributed by atoms with Crippen molar-refractivity contribution in [3.05, 3.63) is 29.6 Å². The molecule has 1 saturated heterocycles. The molecular formula is C15H22FNOS. The number of hydrogen-bond acceptors (Lipinski definition) is 3. The monoisotopic (exact) mass is 283 g/mol. The lowest BCUT2D eigenvalue weighted by Gasteiger charge is -2.22. The average Bonchev–Trinajstić information content (AvgIpc) is 2.43. The van der Waals surface area contributed by atoms with Crippen molar-refractivity contribution in [1.82, 2.24) is 5.32 Å². The number of benzene rings is 1. The number of hydrogen-bond donors (Lipinski definition) is 1. The van der Waals surface area contributed by atoms with E-state index in [0.717, 1.165) is 49.5 Å². The molecule has 1 heterocycles. The molecule has 0 unspecified atom stereocenters. The Bertz CT molecular complexity index is 394. The minimum absolute atomic E-state index is 0.0966. The van der Waals surface area contributed by atoms with Gasteiger partial charge in [-0.2, -0.15) is 0 Å². The normalized spacial score (nSPS) is 16.7. The highest BCUT2D eigenvalue weighted by molar-refractivity contribution is 8.00. The Morgan fingerprint density at radius 3 is 2.89 bits per heavy atom. The molecule has 1 aliphatic heterocycles. The van der Waals surface area contributed by atoms with Gasteiger partial charge in [-0.3, -0.25) is 0 Å². The molecule has 1 aliphatic rings. The highest BCUT2D eigenvalue weighted by Crippen LogP contribution is 2.33. The molecule has 4 heteroatoms. The number of halogens is 1. The summed E-state index contributed by atoms with van der Waals surface area (Å²) in [5.74, 6) is -0.0966. The molecular weight excluding hydrogens is 261 g/mol. The first-order valence-electron chi connectivity index (χ1n) is 7.03. The van der Waals surface area contributed by atoms with Crippen LogP contribution in [-0.2, 0) is 11.3 Å². The molecule has 0 amide bonds. The standard InChI is InChI=1S/C15H22FNOS/c1-2-8-17-11-13-14(16)4-3-5-15(13)19-12-6-9-18-10-7-12/h3-5,12,17H,2,6-11H2,1H3. The van der Waals surface area contributed by atoms with E-state index >= 15 is 0 Å². The summed E-state index contributed by atoms with van der Waals surface area (Å²) < 4.78 is 19.3. The highest BCUT2D eigenvalue weighted by atomic mass is 32.2. The minimum Gasteiger partial charge on any atom is -0.381 e. The molecule has 0 radical (unpaired) electrons. The molecule has 1 fully saturated rings. The fraction of sp³-hybridized carbons (Fsp3) is 0.600. The lowest BCUT2D eigenvalue weighted by Crippen LogP contribution is -2.19. The minimum atomic E-state index is -0.0966. The second-order valence-corrected chi connectivity index (χ2v) is 6.17. The van der Waals surface area contributed by atoms with Crippen LogP contribution in [-0.4, -0.2) is 25.0 Å². The molecule has 106 valence electrons. The van der Waals surface area contributed by atoms with Gasteiger partial charge in [0.25, 0.3) is 0 Å². The van der Waals surface area contributed by atoms with E-state index in [1.54, 1.807) is 23.9 Å². The lowest BCUT2D eigenvalue weighted by molar-refractivity contribution is 0.1000. The maximum atomic E-state index is 14.0. The zero-order valence-electron chi connectivity index (χ0n) is 11.5. The van der Waals surface area contributed by atoms with Gasteiger partial charge in [-0.1, -0.05) is 13.0 Å². The molecule has 1 N–H and O–H groups in total. The molecule has 2 rings (SSSR count). The Morgan fingerprint density at radius 1 is 1.37 bits per heavy atom. The van der Waals surface area contributed by atoms with E-state index in [-0.39, 0.29) is 5.82 Å². The Hall–Kier alpha value is -0.580. The van der Waals surface area contributed by atoms with Gasteiger partial charge in [-0.25, -0.2) is 4.39 Å². The molecule has 0 bridgehead atoms. The highest BCUT2D eigenvalue weighted by Gasteiger charge is 2.17. The summed E-state index contributed by atoms with van der Waals surface area (Å²) in [4.78, 5) is 1.08. The predicted octanol–water partition coefficient (Wildman–Crippen LogP) is 3.60. The molecule has 0 atom stereocenters. The smallest absolute Gasteiger partial charge is 0.128 e. The predicted molar refractivity (Wildman–Crippen MR) is 78.1 cm³/mol. The van der Waals surface area contributed by atoms with Gasteiger partial charge in [-0.15, -0.1) is 11.8 Å². The van der Waals surface area contributed by atoms with Crippen LogP contribution in [0.3, 0.4) is 0 Å². The Labute approximate surface area is 119 Å². The fourth-order valence-corrected chi connectivity index (χ4v) is 3.44. The number of thioether (sulfide) groups is 1. The summed E-state index contributed by atoms with van der Waals surface area (Å²) in [6, 6.07) is 5.39. The van der Waals surface area contributed by atoms with Crippen molar-refractivity contribution < 1.29 is 9.13 Å². The average molecular weight is 283 g/mol. The van der Waals surface area contributed by atoms with Crippen molar-refractivity contribution in [2.75, 3.05) is 19.8 Å². The Balaban J connectivity index is 2.03. The van der Waals surface area contributed by atoms with Crippen molar-refractivity contribution >= 4 is 11.8 Å². The summed E-state index contributed by atoms with van der Waals surface area (Å²) in [5, 5.41) is 3.85. The third-order valence-corrected chi connectivity index (χ3v) is 4.71. The van der Waals surface area contributed by atoms with E-state index in [9.17, 15) is 4.39 Å². The first-order chi connectivity index (χ1) is 9.31. The quantitative estimate of drug-likeness (QED) is 0.806. The maximum Gasteiger partial charge on any atom is 0.128 e. The van der Waals surface area contributed by atoms with E-state index in [2.05, 4.69) is 12.2 Å². The van der Waals surface area contributed by atoms with Gasteiger partial charge < -0.3 is 10.1 Å². The van der Waals surface area contributed by atoms with Crippen LogP contribution in [0.25, 0.3) is 0 Å². The topological polar surface area (TPSA) is 21.3 Å². The van der Waals surface area contributed by atoms with Gasteiger partial charge in [-0.05, 0) is 37.9 Å². The summed E-state index contributed by atoms with van der Waals surface area (Å²) in [5.41, 5.74) is 0.812. The van der Waals surface area contributed by atoms with Crippen LogP contribution in [0.5, 0.6) is 0 Å². The SMILES string of the molecule is CCCNCc1c(F)cccc1SC1CCOCC1. The van der Waals surface area contributed by atoms with E-state index in [1.807, 2.05) is 6.07 Å². The van der Waals surface area contributed by atoms with Crippen molar-refractivity contribution in [3.63, 3.8) is 0 Å². The Morgan fingerprint density at radius 2 is 2.16 bits per heavy atom. The largest absolute Gasteiger partial charge is 0.381 e. The van der Waals surface area contributed by atoms with Crippen LogP contribution >= 0.6 is 11.8 Å². The Kier molecular flexibility index (Phi) is 6.14. The zero-order valence-corrected chi connectivity index (χ0v) is 12.3. The van der Waals surface area contributed by atoms with Gasteiger partial charge >= 0.3 is 0 Å². The van der Waals surface area contributed by atoms with Crippen LogP contribution in [0.1, 0.15) is 31.7 Å². The fourth-order valence-electron chi connectivity index (χ4n) is 2.18. The van der Waals surface area contributed by atoms with E-state index < -0.39 is 0 Å². The molecule has 0 aromatic heterocycles. The third kappa shape index (κ3) is 4.48. The summed E-state index contributed by atoms with van der Waals surface area (Å²) in [7, 11) is 0. The van der Waals surface area contributed by atoms with Crippen molar-refractivity contribution in [2.45, 2.75) is 42.9 Å². The summed E-state index contributed by atoms with van der Waals surface area (Å²) >= 11 is 1.80. The van der Waals surface area contributed by atoms with Crippen molar-refractivity contribution in [1.29, 1.82) is 0 Å². The molecule has 0 aliphatic carbocycles. The van der Waals surface area contributed by atoms with E-state index in [0.29, 0.717) is 11.8 Å². The second kappa shape index (κ2) is 7.88. The lowest BCUT2D eigenvalue weighted by atomic mass is 10.2.